The van der Waals surface area contributed by atoms with Gasteiger partial charge in [-0.05, 0) is 57.7 Å². The van der Waals surface area contributed by atoms with E-state index in [1.165, 1.54) is 6.42 Å². The van der Waals surface area contributed by atoms with E-state index >= 15 is 0 Å². The Morgan fingerprint density at radius 1 is 1.11 bits per heavy atom. The van der Waals surface area contributed by atoms with Crippen LogP contribution in [0.4, 0.5) is 11.4 Å². The standard InChI is InChI=1S/C20H29ClN6O/c1-13-11-26(12-14(2)28-13)17-7-6-15(10-16(17)21)27-19(23)24-18(22)25-20(27)8-4-3-5-9-20/h6-7,10,13-14H,3-5,8-9,11-12H2,1-2H3,(H4,22,23,24,25). The van der Waals surface area contributed by atoms with Crippen LogP contribution in [0, 0.1) is 0 Å². The van der Waals surface area contributed by atoms with Gasteiger partial charge in [-0.1, -0.05) is 18.0 Å². The lowest BCUT2D eigenvalue weighted by Crippen LogP contribution is -2.58. The Morgan fingerprint density at radius 3 is 2.43 bits per heavy atom. The summed E-state index contributed by atoms with van der Waals surface area (Å²) in [5.41, 5.74) is 13.7. The number of morpholine rings is 1. The van der Waals surface area contributed by atoms with Gasteiger partial charge in [-0.3, -0.25) is 4.90 Å². The zero-order chi connectivity index (χ0) is 19.9. The third kappa shape index (κ3) is 3.53. The fraction of sp³-hybridized carbons (Fsp3) is 0.600. The minimum Gasteiger partial charge on any atom is -0.372 e. The highest BCUT2D eigenvalue weighted by molar-refractivity contribution is 6.33. The van der Waals surface area contributed by atoms with Crippen molar-refractivity contribution in [3.05, 3.63) is 23.2 Å². The molecule has 1 aliphatic carbocycles. The highest BCUT2D eigenvalue weighted by Crippen LogP contribution is 2.41. The molecule has 0 radical (unpaired) electrons. The molecule has 1 saturated heterocycles. The van der Waals surface area contributed by atoms with Crippen molar-refractivity contribution in [1.29, 1.82) is 0 Å². The smallest absolute Gasteiger partial charge is 0.220 e. The Bertz CT molecular complexity index is 794. The molecule has 7 nitrogen and oxygen atoms in total. The molecule has 0 bridgehead atoms. The highest BCUT2D eigenvalue weighted by Gasteiger charge is 2.42. The van der Waals surface area contributed by atoms with Crippen LogP contribution in [-0.2, 0) is 4.74 Å². The maximum absolute atomic E-state index is 6.73. The third-order valence-electron chi connectivity index (χ3n) is 5.80. The molecular weight excluding hydrogens is 376 g/mol. The second-order valence-corrected chi connectivity index (χ2v) is 8.52. The maximum Gasteiger partial charge on any atom is 0.220 e. The molecule has 0 aromatic heterocycles. The van der Waals surface area contributed by atoms with Crippen molar-refractivity contribution in [2.45, 2.75) is 63.8 Å². The quantitative estimate of drug-likeness (QED) is 0.790. The Morgan fingerprint density at radius 2 is 1.79 bits per heavy atom. The second kappa shape index (κ2) is 7.44. The molecule has 1 spiro atoms. The van der Waals surface area contributed by atoms with Gasteiger partial charge in [0.1, 0.15) is 5.66 Å². The first-order valence-corrected chi connectivity index (χ1v) is 10.5. The summed E-state index contributed by atoms with van der Waals surface area (Å²) in [4.78, 5) is 13.3. The van der Waals surface area contributed by atoms with Crippen molar-refractivity contribution in [1.82, 2.24) is 0 Å². The lowest BCUT2D eigenvalue weighted by Gasteiger charge is -2.45. The highest BCUT2D eigenvalue weighted by atomic mass is 35.5. The van der Waals surface area contributed by atoms with Crippen LogP contribution in [0.5, 0.6) is 0 Å². The van der Waals surface area contributed by atoms with Gasteiger partial charge in [-0.15, -0.1) is 0 Å². The van der Waals surface area contributed by atoms with Gasteiger partial charge in [-0.2, -0.15) is 4.99 Å². The first kappa shape index (κ1) is 19.3. The summed E-state index contributed by atoms with van der Waals surface area (Å²) in [5.74, 6) is 0.640. The molecule has 2 unspecified atom stereocenters. The molecule has 1 aromatic carbocycles. The van der Waals surface area contributed by atoms with Crippen LogP contribution in [0.15, 0.2) is 28.2 Å². The molecular formula is C20H29ClN6O. The lowest BCUT2D eigenvalue weighted by atomic mass is 9.87. The molecule has 3 aliphatic rings. The summed E-state index contributed by atoms with van der Waals surface area (Å²) < 4.78 is 5.84. The van der Waals surface area contributed by atoms with Crippen LogP contribution in [0.3, 0.4) is 0 Å². The van der Waals surface area contributed by atoms with E-state index < -0.39 is 5.66 Å². The first-order chi connectivity index (χ1) is 13.4. The molecule has 2 fully saturated rings. The van der Waals surface area contributed by atoms with Crippen molar-refractivity contribution in [3.8, 4) is 0 Å². The largest absolute Gasteiger partial charge is 0.372 e. The molecule has 2 heterocycles. The Balaban J connectivity index is 1.67. The van der Waals surface area contributed by atoms with Crippen molar-refractivity contribution in [2.75, 3.05) is 22.9 Å². The molecule has 2 atom stereocenters. The van der Waals surface area contributed by atoms with Crippen molar-refractivity contribution >= 4 is 34.9 Å². The molecule has 4 rings (SSSR count). The van der Waals surface area contributed by atoms with E-state index in [1.807, 2.05) is 11.0 Å². The number of rotatable bonds is 2. The number of hydrogen-bond donors (Lipinski definition) is 2. The van der Waals surface area contributed by atoms with Gasteiger partial charge >= 0.3 is 0 Å². The number of benzene rings is 1. The number of halogens is 1. The van der Waals surface area contributed by atoms with E-state index in [2.05, 4.69) is 35.9 Å². The average Bonchev–Trinajstić information content (AvgIpc) is 2.61. The number of hydrogen-bond acceptors (Lipinski definition) is 7. The number of nitrogens with two attached hydrogens (primary N) is 2. The third-order valence-corrected chi connectivity index (χ3v) is 6.10. The predicted molar refractivity (Wildman–Crippen MR) is 115 cm³/mol. The summed E-state index contributed by atoms with van der Waals surface area (Å²) in [7, 11) is 0. The summed E-state index contributed by atoms with van der Waals surface area (Å²) in [6.07, 6.45) is 5.55. The van der Waals surface area contributed by atoms with Gasteiger partial charge < -0.3 is 21.1 Å². The van der Waals surface area contributed by atoms with Crippen molar-refractivity contribution in [3.63, 3.8) is 0 Å². The van der Waals surface area contributed by atoms with Crippen LogP contribution in [0.1, 0.15) is 46.0 Å². The van der Waals surface area contributed by atoms with Gasteiger partial charge in [0.05, 0.1) is 22.9 Å². The Labute approximate surface area is 171 Å². The minimum absolute atomic E-state index is 0.173. The fourth-order valence-corrected chi connectivity index (χ4v) is 5.06. The van der Waals surface area contributed by atoms with Gasteiger partial charge in [0.25, 0.3) is 0 Å². The molecule has 8 heteroatoms. The summed E-state index contributed by atoms with van der Waals surface area (Å²) in [5, 5.41) is 0.695. The summed E-state index contributed by atoms with van der Waals surface area (Å²) in [6.45, 7) is 5.82. The molecule has 28 heavy (non-hydrogen) atoms. The van der Waals surface area contributed by atoms with Gasteiger partial charge in [0.2, 0.25) is 11.9 Å². The van der Waals surface area contributed by atoms with Crippen LogP contribution in [0.25, 0.3) is 0 Å². The number of aliphatic imine (C=N–C) groups is 2. The lowest BCUT2D eigenvalue weighted by molar-refractivity contribution is -0.00520. The van der Waals surface area contributed by atoms with Crippen molar-refractivity contribution < 1.29 is 4.74 Å². The summed E-state index contributed by atoms with van der Waals surface area (Å²) >= 11 is 6.73. The van der Waals surface area contributed by atoms with Crippen molar-refractivity contribution in [2.24, 2.45) is 21.5 Å². The minimum atomic E-state index is -0.457. The topological polar surface area (TPSA) is 92.5 Å². The molecule has 2 aliphatic heterocycles. The van der Waals surface area contributed by atoms with E-state index in [-0.39, 0.29) is 18.2 Å². The molecule has 152 valence electrons. The number of guanidine groups is 2. The monoisotopic (exact) mass is 404 g/mol. The number of nitrogens with zero attached hydrogens (tertiary/aromatic N) is 4. The summed E-state index contributed by atoms with van der Waals surface area (Å²) in [6, 6.07) is 6.09. The van der Waals surface area contributed by atoms with Crippen LogP contribution >= 0.6 is 11.6 Å². The van der Waals surface area contributed by atoms with E-state index in [9.17, 15) is 0 Å². The molecule has 1 aromatic rings. The number of ether oxygens (including phenoxy) is 1. The van der Waals surface area contributed by atoms with Crippen LogP contribution < -0.4 is 21.3 Å². The SMILES string of the molecule is CC1CN(c2ccc(N3C(N)=NC(N)=NC34CCCCC4)cc2Cl)CC(C)O1. The normalized spacial score (nSPS) is 27.5. The van der Waals surface area contributed by atoms with Gasteiger partial charge in [0.15, 0.2) is 0 Å². The van der Waals surface area contributed by atoms with Crippen LogP contribution in [0.2, 0.25) is 5.02 Å². The molecule has 0 amide bonds. The van der Waals surface area contributed by atoms with Gasteiger partial charge in [-0.25, -0.2) is 4.99 Å². The van der Waals surface area contributed by atoms with E-state index in [0.717, 1.165) is 50.1 Å². The maximum atomic E-state index is 6.73. The average molecular weight is 405 g/mol. The Hall–Kier alpha value is -1.99. The zero-order valence-corrected chi connectivity index (χ0v) is 17.3. The zero-order valence-electron chi connectivity index (χ0n) is 16.6. The molecule has 4 N–H and O–H groups in total. The molecule has 1 saturated carbocycles. The first-order valence-electron chi connectivity index (χ1n) is 10.1. The number of anilines is 2. The fourth-order valence-electron chi connectivity index (χ4n) is 4.76. The van der Waals surface area contributed by atoms with Gasteiger partial charge in [0, 0.05) is 18.8 Å². The van der Waals surface area contributed by atoms with E-state index in [4.69, 9.17) is 32.8 Å². The van der Waals surface area contributed by atoms with E-state index in [0.29, 0.717) is 11.0 Å². The van der Waals surface area contributed by atoms with E-state index in [1.54, 1.807) is 0 Å². The second-order valence-electron chi connectivity index (χ2n) is 8.12. The van der Waals surface area contributed by atoms with Crippen LogP contribution in [-0.4, -0.2) is 42.9 Å². The predicted octanol–water partition coefficient (Wildman–Crippen LogP) is 3.06. The Kier molecular flexibility index (Phi) is 5.14.